The van der Waals surface area contributed by atoms with Gasteiger partial charge in [0.25, 0.3) is 15.6 Å². The van der Waals surface area contributed by atoms with Gasteiger partial charge in [0.15, 0.2) is 4.77 Å². The van der Waals surface area contributed by atoms with E-state index in [9.17, 15) is 18.0 Å². The highest BCUT2D eigenvalue weighted by molar-refractivity contribution is 7.89. The molecule has 0 aliphatic carbocycles. The number of aromatic nitrogens is 2. The normalized spacial score (nSPS) is 11.2. The fourth-order valence-corrected chi connectivity index (χ4v) is 3.07. The molecule has 8 nitrogen and oxygen atoms in total. The van der Waals surface area contributed by atoms with E-state index < -0.39 is 21.5 Å². The number of nitrogens with one attached hydrogen (secondary N) is 4. The number of sulfonamides is 1. The number of hydrogen-bond acceptors (Lipinski definition) is 5. The number of aromatic amines is 2. The number of amides is 1. The number of carbonyl (C=O) groups is 1. The van der Waals surface area contributed by atoms with Gasteiger partial charge in [0.1, 0.15) is 0 Å². The Morgan fingerprint density at radius 2 is 1.88 bits per heavy atom. The van der Waals surface area contributed by atoms with Gasteiger partial charge >= 0.3 is 0 Å². The van der Waals surface area contributed by atoms with Gasteiger partial charge < -0.3 is 4.98 Å². The van der Waals surface area contributed by atoms with Crippen LogP contribution in [0.25, 0.3) is 0 Å². The predicted molar refractivity (Wildman–Crippen MR) is 90.3 cm³/mol. The summed E-state index contributed by atoms with van der Waals surface area (Å²) in [5.74, 6) is -0.640. The molecule has 0 radical (unpaired) electrons. The summed E-state index contributed by atoms with van der Waals surface area (Å²) in [6.07, 6.45) is -0.233. The third-order valence-electron chi connectivity index (χ3n) is 3.28. The predicted octanol–water partition coefficient (Wildman–Crippen LogP) is 0.602. The van der Waals surface area contributed by atoms with Crippen LogP contribution in [0.15, 0.2) is 34.0 Å². The summed E-state index contributed by atoms with van der Waals surface area (Å²) >= 11 is 4.80. The summed E-state index contributed by atoms with van der Waals surface area (Å²) in [6.45, 7) is 3.66. The third kappa shape index (κ3) is 4.60. The van der Waals surface area contributed by atoms with E-state index in [2.05, 4.69) is 15.4 Å². The Morgan fingerprint density at radius 3 is 2.50 bits per heavy atom. The molecule has 0 aliphatic rings. The first-order valence-electron chi connectivity index (χ1n) is 6.88. The van der Waals surface area contributed by atoms with Crippen molar-refractivity contribution < 1.29 is 13.2 Å². The average molecular weight is 368 g/mol. The Morgan fingerprint density at radius 1 is 1.17 bits per heavy atom. The van der Waals surface area contributed by atoms with Crippen LogP contribution >= 0.6 is 12.2 Å². The van der Waals surface area contributed by atoms with E-state index in [4.69, 9.17) is 12.2 Å². The van der Waals surface area contributed by atoms with Crippen molar-refractivity contribution in [1.29, 1.82) is 0 Å². The largest absolute Gasteiger partial charge is 0.335 e. The van der Waals surface area contributed by atoms with E-state index >= 15 is 0 Å². The molecule has 0 atom stereocenters. The topological polar surface area (TPSA) is 124 Å². The molecule has 128 valence electrons. The van der Waals surface area contributed by atoms with E-state index in [1.807, 2.05) is 11.8 Å². The van der Waals surface area contributed by atoms with Crippen LogP contribution in [-0.4, -0.2) is 24.3 Å². The minimum atomic E-state index is -3.88. The molecular weight excluding hydrogens is 352 g/mol. The molecule has 0 saturated carbocycles. The Bertz CT molecular complexity index is 964. The fraction of sp³-hybridized carbons (Fsp3) is 0.214. The summed E-state index contributed by atoms with van der Waals surface area (Å²) in [5.41, 5.74) is 3.70. The Labute approximate surface area is 143 Å². The zero-order chi connectivity index (χ0) is 17.9. The molecule has 1 amide bonds. The lowest BCUT2D eigenvalue weighted by Crippen LogP contribution is -2.42. The summed E-state index contributed by atoms with van der Waals surface area (Å²) in [5, 5.41) is 0. The number of H-pyrrole nitrogens is 2. The molecular formula is C14H16N4O4S2. The van der Waals surface area contributed by atoms with Gasteiger partial charge in [-0.3, -0.25) is 20.0 Å². The van der Waals surface area contributed by atoms with Gasteiger partial charge in [-0.05, 0) is 49.3 Å². The fourth-order valence-electron chi connectivity index (χ4n) is 1.90. The number of hydrazine groups is 1. The van der Waals surface area contributed by atoms with Gasteiger partial charge in [0.2, 0.25) is 5.91 Å². The number of hydrogen-bond donors (Lipinski definition) is 4. The Hall–Kier alpha value is -2.30. The van der Waals surface area contributed by atoms with Crippen molar-refractivity contribution in [3.05, 3.63) is 56.2 Å². The first kappa shape index (κ1) is 18.0. The van der Waals surface area contributed by atoms with E-state index in [1.165, 1.54) is 18.2 Å². The maximum atomic E-state index is 12.2. The van der Waals surface area contributed by atoms with Crippen molar-refractivity contribution >= 4 is 28.1 Å². The van der Waals surface area contributed by atoms with E-state index in [0.717, 1.165) is 11.1 Å². The lowest BCUT2D eigenvalue weighted by atomic mass is 10.1. The third-order valence-corrected chi connectivity index (χ3v) is 4.73. The molecule has 2 aromatic rings. The zero-order valence-electron chi connectivity index (χ0n) is 13.0. The van der Waals surface area contributed by atoms with Crippen LogP contribution in [0.3, 0.4) is 0 Å². The van der Waals surface area contributed by atoms with Crippen LogP contribution in [0.4, 0.5) is 0 Å². The number of carbonyl (C=O) groups excluding carboxylic acids is 1. The smallest absolute Gasteiger partial charge is 0.257 e. The zero-order valence-corrected chi connectivity index (χ0v) is 14.6. The molecule has 4 N–H and O–H groups in total. The molecule has 2 rings (SSSR count). The molecule has 0 saturated heterocycles. The summed E-state index contributed by atoms with van der Waals surface area (Å²) in [4.78, 5) is 30.1. The van der Waals surface area contributed by atoms with Crippen LogP contribution in [0.1, 0.15) is 16.8 Å². The monoisotopic (exact) mass is 368 g/mol. The standard InChI is InChI=1S/C14H16N4O4S2/c1-8-3-4-11(5-9(8)2)24(21,22)18-17-13(20)7-10-6-12(19)16-14(23)15-10/h3-6,18H,7H2,1-2H3,(H,17,20)(H2,15,16,19,23). The van der Waals surface area contributed by atoms with Crippen molar-refractivity contribution in [2.24, 2.45) is 0 Å². The van der Waals surface area contributed by atoms with E-state index in [-0.39, 0.29) is 21.8 Å². The molecule has 0 fully saturated rings. The van der Waals surface area contributed by atoms with Crippen LogP contribution in [0.5, 0.6) is 0 Å². The maximum Gasteiger partial charge on any atom is 0.257 e. The average Bonchev–Trinajstić information content (AvgIpc) is 2.47. The van der Waals surface area contributed by atoms with Crippen LogP contribution in [0.2, 0.25) is 0 Å². The lowest BCUT2D eigenvalue weighted by Gasteiger charge is -2.10. The minimum Gasteiger partial charge on any atom is -0.335 e. The highest BCUT2D eigenvalue weighted by atomic mass is 32.2. The highest BCUT2D eigenvalue weighted by Gasteiger charge is 2.16. The molecule has 1 heterocycles. The second-order valence-electron chi connectivity index (χ2n) is 5.19. The van der Waals surface area contributed by atoms with Gasteiger partial charge in [-0.15, -0.1) is 4.83 Å². The quantitative estimate of drug-likeness (QED) is 0.454. The maximum absolute atomic E-state index is 12.2. The molecule has 0 spiro atoms. The van der Waals surface area contributed by atoms with Gasteiger partial charge in [-0.1, -0.05) is 6.07 Å². The van der Waals surface area contributed by atoms with E-state index in [1.54, 1.807) is 13.0 Å². The van der Waals surface area contributed by atoms with Gasteiger partial charge in [0.05, 0.1) is 11.3 Å². The lowest BCUT2D eigenvalue weighted by molar-refractivity contribution is -0.120. The molecule has 0 unspecified atom stereocenters. The van der Waals surface area contributed by atoms with Crippen LogP contribution < -0.4 is 15.8 Å². The summed E-state index contributed by atoms with van der Waals surface area (Å²) in [6, 6.07) is 5.82. The highest BCUT2D eigenvalue weighted by Crippen LogP contribution is 2.13. The van der Waals surface area contributed by atoms with Crippen LogP contribution in [0, 0.1) is 18.6 Å². The van der Waals surface area contributed by atoms with Crippen molar-refractivity contribution in [3.8, 4) is 0 Å². The van der Waals surface area contributed by atoms with Crippen molar-refractivity contribution in [1.82, 2.24) is 20.2 Å². The number of rotatable bonds is 5. The van der Waals surface area contributed by atoms with Gasteiger partial charge in [0, 0.05) is 11.8 Å². The number of aryl methyl sites for hydroxylation is 2. The molecule has 24 heavy (non-hydrogen) atoms. The molecule has 1 aromatic carbocycles. The van der Waals surface area contributed by atoms with Crippen molar-refractivity contribution in [2.75, 3.05) is 0 Å². The van der Waals surface area contributed by atoms with Crippen LogP contribution in [-0.2, 0) is 21.2 Å². The summed E-state index contributed by atoms with van der Waals surface area (Å²) in [7, 11) is -3.88. The van der Waals surface area contributed by atoms with Crippen molar-refractivity contribution in [2.45, 2.75) is 25.2 Å². The molecule has 10 heteroatoms. The minimum absolute atomic E-state index is 0.0430. The first-order chi connectivity index (χ1) is 11.2. The summed E-state index contributed by atoms with van der Waals surface area (Å²) < 4.78 is 24.4. The Kier molecular flexibility index (Phi) is 5.32. The number of benzene rings is 1. The van der Waals surface area contributed by atoms with Gasteiger partial charge in [-0.2, -0.15) is 0 Å². The molecule has 0 bridgehead atoms. The Balaban J connectivity index is 2.05. The first-order valence-corrected chi connectivity index (χ1v) is 8.77. The molecule has 1 aromatic heterocycles. The van der Waals surface area contributed by atoms with Gasteiger partial charge in [-0.25, -0.2) is 8.42 Å². The SMILES string of the molecule is Cc1ccc(S(=O)(=O)NNC(=O)Cc2cc(=O)[nH]c(=S)[nH]2)cc1C. The van der Waals surface area contributed by atoms with E-state index in [0.29, 0.717) is 0 Å². The molecule has 0 aliphatic heterocycles. The van der Waals surface area contributed by atoms with Crippen molar-refractivity contribution in [3.63, 3.8) is 0 Å². The second-order valence-corrected chi connectivity index (χ2v) is 7.28. The second kappa shape index (κ2) is 7.07.